The third kappa shape index (κ3) is 4.89. The molecule has 136 valence electrons. The van der Waals surface area contributed by atoms with Gasteiger partial charge in [0.05, 0.1) is 6.67 Å². The average molecular weight is 348 g/mol. The van der Waals surface area contributed by atoms with Crippen molar-refractivity contribution in [2.45, 2.75) is 25.3 Å². The van der Waals surface area contributed by atoms with Crippen LogP contribution in [0.15, 0.2) is 79.7 Å². The SMILES string of the molecule is C=C=CC1(N(C)CNC(=C)c2ccc(C(/C=C\C)=C/C(=C)N)cc2)CC1. The Balaban J connectivity index is 2.02. The Labute approximate surface area is 157 Å². The summed E-state index contributed by atoms with van der Waals surface area (Å²) in [6.07, 6.45) is 10.3. The molecule has 0 heterocycles. The maximum absolute atomic E-state index is 5.72. The molecule has 0 aliphatic heterocycles. The minimum Gasteiger partial charge on any atom is -0.399 e. The van der Waals surface area contributed by atoms with Gasteiger partial charge < -0.3 is 11.1 Å². The van der Waals surface area contributed by atoms with E-state index in [9.17, 15) is 0 Å². The number of nitrogens with zero attached hydrogens (tertiary/aromatic N) is 1. The van der Waals surface area contributed by atoms with Crippen molar-refractivity contribution in [3.63, 3.8) is 0 Å². The summed E-state index contributed by atoms with van der Waals surface area (Å²) in [5, 5.41) is 3.41. The molecule has 1 aromatic rings. The highest BCUT2D eigenvalue weighted by molar-refractivity contribution is 5.77. The van der Waals surface area contributed by atoms with Crippen LogP contribution in [0.2, 0.25) is 0 Å². The smallest absolute Gasteiger partial charge is 0.0682 e. The first kappa shape index (κ1) is 19.6. The van der Waals surface area contributed by atoms with Gasteiger partial charge in [-0.05, 0) is 55.7 Å². The van der Waals surface area contributed by atoms with E-state index in [0.717, 1.165) is 41.9 Å². The number of hydrogen-bond acceptors (Lipinski definition) is 3. The van der Waals surface area contributed by atoms with Gasteiger partial charge in [0.15, 0.2) is 0 Å². The molecule has 0 spiro atoms. The Hall–Kier alpha value is -2.74. The van der Waals surface area contributed by atoms with Crippen LogP contribution >= 0.6 is 0 Å². The van der Waals surface area contributed by atoms with E-state index in [2.05, 4.69) is 73.1 Å². The second-order valence-corrected chi connectivity index (χ2v) is 6.72. The van der Waals surface area contributed by atoms with E-state index in [4.69, 9.17) is 5.73 Å². The Morgan fingerprint density at radius 1 is 1.27 bits per heavy atom. The van der Waals surface area contributed by atoms with E-state index >= 15 is 0 Å². The lowest BCUT2D eigenvalue weighted by molar-refractivity contribution is 0.258. The molecule has 1 fully saturated rings. The maximum Gasteiger partial charge on any atom is 0.0682 e. The van der Waals surface area contributed by atoms with E-state index in [1.165, 1.54) is 0 Å². The van der Waals surface area contributed by atoms with E-state index in [0.29, 0.717) is 5.70 Å². The summed E-state index contributed by atoms with van der Waals surface area (Å²) in [6, 6.07) is 8.28. The van der Waals surface area contributed by atoms with Gasteiger partial charge in [0.25, 0.3) is 0 Å². The number of nitrogens with one attached hydrogen (secondary N) is 1. The minimum absolute atomic E-state index is 0.121. The van der Waals surface area contributed by atoms with E-state index < -0.39 is 0 Å². The first-order valence-electron chi connectivity index (χ1n) is 8.82. The van der Waals surface area contributed by atoms with Gasteiger partial charge in [-0.3, -0.25) is 4.90 Å². The van der Waals surface area contributed by atoms with Gasteiger partial charge in [0.2, 0.25) is 0 Å². The summed E-state index contributed by atoms with van der Waals surface area (Å²) in [4.78, 5) is 2.28. The molecule has 1 aliphatic carbocycles. The summed E-state index contributed by atoms with van der Waals surface area (Å²) in [5.41, 5.74) is 13.4. The molecule has 1 saturated carbocycles. The van der Waals surface area contributed by atoms with Crippen molar-refractivity contribution in [3.05, 3.63) is 90.9 Å². The Kier molecular flexibility index (Phi) is 6.46. The average Bonchev–Trinajstić information content (AvgIpc) is 3.40. The quantitative estimate of drug-likeness (QED) is 0.394. The summed E-state index contributed by atoms with van der Waals surface area (Å²) in [7, 11) is 2.11. The van der Waals surface area contributed by atoms with Crippen LogP contribution < -0.4 is 11.1 Å². The molecule has 1 aliphatic rings. The Bertz CT molecular complexity index is 770. The predicted octanol–water partition coefficient (Wildman–Crippen LogP) is 4.44. The van der Waals surface area contributed by atoms with Crippen molar-refractivity contribution in [1.29, 1.82) is 0 Å². The highest BCUT2D eigenvalue weighted by atomic mass is 15.3. The van der Waals surface area contributed by atoms with Gasteiger partial charge in [-0.2, -0.15) is 0 Å². The molecule has 3 heteroatoms. The maximum atomic E-state index is 5.72. The molecule has 0 aromatic heterocycles. The van der Waals surface area contributed by atoms with Crippen LogP contribution in [0.5, 0.6) is 0 Å². The first-order valence-corrected chi connectivity index (χ1v) is 8.82. The van der Waals surface area contributed by atoms with E-state index in [1.54, 1.807) is 0 Å². The standard InChI is InChI=1S/C23H29N3/c1-6-8-22(16-18(3)24)21-11-9-20(10-12-21)19(4)25-17-26(5)23(13-7-2)14-15-23/h6,8-13,16,25H,2-4,14-15,17,24H2,1,5H3/b8-6-,22-16+. The second-order valence-electron chi connectivity index (χ2n) is 6.72. The molecule has 1 aromatic carbocycles. The van der Waals surface area contributed by atoms with Crippen molar-refractivity contribution >= 4 is 11.3 Å². The van der Waals surface area contributed by atoms with Crippen molar-refractivity contribution in [3.8, 4) is 0 Å². The van der Waals surface area contributed by atoms with Gasteiger partial charge in [-0.15, -0.1) is 5.73 Å². The zero-order valence-electron chi connectivity index (χ0n) is 15.9. The van der Waals surface area contributed by atoms with E-state index in [-0.39, 0.29) is 5.54 Å². The van der Waals surface area contributed by atoms with Crippen molar-refractivity contribution in [1.82, 2.24) is 10.2 Å². The van der Waals surface area contributed by atoms with Gasteiger partial charge in [-0.25, -0.2) is 0 Å². The summed E-state index contributed by atoms with van der Waals surface area (Å²) >= 11 is 0. The van der Waals surface area contributed by atoms with Gasteiger partial charge in [0, 0.05) is 16.9 Å². The molecule has 0 unspecified atom stereocenters. The van der Waals surface area contributed by atoms with Crippen LogP contribution in [-0.2, 0) is 0 Å². The normalized spacial score (nSPS) is 15.6. The number of allylic oxidation sites excluding steroid dienone is 4. The molecular formula is C23H29N3. The zero-order chi connectivity index (χ0) is 19.2. The van der Waals surface area contributed by atoms with Crippen LogP contribution in [-0.4, -0.2) is 24.2 Å². The summed E-state index contributed by atoms with van der Waals surface area (Å²) in [5.74, 6) is 0. The lowest BCUT2D eigenvalue weighted by Gasteiger charge is -2.26. The third-order valence-corrected chi connectivity index (χ3v) is 4.68. The molecule has 3 N–H and O–H groups in total. The molecular weight excluding hydrogens is 318 g/mol. The van der Waals surface area contributed by atoms with Crippen molar-refractivity contribution in [2.24, 2.45) is 5.73 Å². The zero-order valence-corrected chi connectivity index (χ0v) is 15.9. The molecule has 0 amide bonds. The van der Waals surface area contributed by atoms with Gasteiger partial charge >= 0.3 is 0 Å². The lowest BCUT2D eigenvalue weighted by atomic mass is 10.0. The fraction of sp³-hybridized carbons (Fsp3) is 0.261. The van der Waals surface area contributed by atoms with Crippen LogP contribution in [0.3, 0.4) is 0 Å². The molecule has 2 rings (SSSR count). The van der Waals surface area contributed by atoms with Crippen LogP contribution in [0.25, 0.3) is 11.3 Å². The molecule has 26 heavy (non-hydrogen) atoms. The number of rotatable bonds is 9. The first-order chi connectivity index (χ1) is 12.4. The topological polar surface area (TPSA) is 41.3 Å². The fourth-order valence-electron chi connectivity index (χ4n) is 2.90. The minimum atomic E-state index is 0.121. The monoisotopic (exact) mass is 347 g/mol. The lowest BCUT2D eigenvalue weighted by Crippen LogP contribution is -2.38. The molecule has 0 atom stereocenters. The fourth-order valence-corrected chi connectivity index (χ4v) is 2.90. The van der Waals surface area contributed by atoms with Gasteiger partial charge in [0.1, 0.15) is 0 Å². The molecule has 0 radical (unpaired) electrons. The third-order valence-electron chi connectivity index (χ3n) is 4.68. The number of benzene rings is 1. The number of likely N-dealkylation sites (N-methyl/N-ethyl adjacent to an activating group) is 1. The highest BCUT2D eigenvalue weighted by Crippen LogP contribution is 2.41. The van der Waals surface area contributed by atoms with Crippen LogP contribution in [0.1, 0.15) is 30.9 Å². The molecule has 0 bridgehead atoms. The van der Waals surface area contributed by atoms with Gasteiger partial charge in [-0.1, -0.05) is 56.2 Å². The number of hydrogen-bond donors (Lipinski definition) is 2. The Morgan fingerprint density at radius 2 is 1.88 bits per heavy atom. The van der Waals surface area contributed by atoms with Crippen molar-refractivity contribution < 1.29 is 0 Å². The predicted molar refractivity (Wildman–Crippen MR) is 113 cm³/mol. The summed E-state index contributed by atoms with van der Waals surface area (Å²) < 4.78 is 0. The second kappa shape index (κ2) is 8.57. The summed E-state index contributed by atoms with van der Waals surface area (Å²) in [6.45, 7) is 14.3. The Morgan fingerprint density at radius 3 is 2.38 bits per heavy atom. The molecule has 0 saturated heterocycles. The van der Waals surface area contributed by atoms with Crippen LogP contribution in [0, 0.1) is 0 Å². The van der Waals surface area contributed by atoms with E-state index in [1.807, 2.05) is 25.2 Å². The largest absolute Gasteiger partial charge is 0.399 e. The van der Waals surface area contributed by atoms with Crippen LogP contribution in [0.4, 0.5) is 0 Å². The highest BCUT2D eigenvalue weighted by Gasteiger charge is 2.43. The number of nitrogens with two attached hydrogens (primary N) is 1. The van der Waals surface area contributed by atoms with Crippen molar-refractivity contribution in [2.75, 3.05) is 13.7 Å². The molecule has 3 nitrogen and oxygen atoms in total.